The summed E-state index contributed by atoms with van der Waals surface area (Å²) in [5.41, 5.74) is 5.65. The number of amides is 2. The number of carbonyl (C=O) groups is 2. The second-order valence-electron chi connectivity index (χ2n) is 7.79. The molecule has 1 aliphatic carbocycles. The van der Waals surface area contributed by atoms with Gasteiger partial charge in [-0.25, -0.2) is 8.78 Å². The lowest BCUT2D eigenvalue weighted by atomic mass is 10.1. The fraction of sp³-hybridized carbons (Fsp3) is 0.130. The molecule has 2 amide bonds. The van der Waals surface area contributed by atoms with Gasteiger partial charge in [-0.1, -0.05) is 40.9 Å². The minimum absolute atomic E-state index is 0.0192. The van der Waals surface area contributed by atoms with Gasteiger partial charge in [0.05, 0.1) is 32.2 Å². The Kier molecular flexibility index (Phi) is 7.10. The molecule has 2 atom stereocenters. The Hall–Kier alpha value is -2.29. The van der Waals surface area contributed by atoms with Crippen LogP contribution in [0, 0.1) is 17.6 Å². The van der Waals surface area contributed by atoms with Crippen LogP contribution in [0.25, 0.3) is 0 Å². The molecule has 1 unspecified atom stereocenters. The molecule has 0 bridgehead atoms. The quantitative estimate of drug-likeness (QED) is 0.219. The summed E-state index contributed by atoms with van der Waals surface area (Å²) in [6, 6.07) is 10.4. The summed E-state index contributed by atoms with van der Waals surface area (Å²) in [7, 11) is 0. The Morgan fingerprint density at radius 2 is 1.57 bits per heavy atom. The largest absolute Gasteiger partial charge is 0.397 e. The van der Waals surface area contributed by atoms with Gasteiger partial charge in [-0.15, -0.1) is 23.2 Å². The molecule has 5 nitrogen and oxygen atoms in total. The average Bonchev–Trinajstić information content (AvgIpc) is 3.35. The van der Waals surface area contributed by atoms with Crippen molar-refractivity contribution in [2.75, 3.05) is 16.4 Å². The van der Waals surface area contributed by atoms with Crippen LogP contribution in [0.15, 0.2) is 48.5 Å². The summed E-state index contributed by atoms with van der Waals surface area (Å²) in [6.07, 6.45) is 0. The van der Waals surface area contributed by atoms with Crippen molar-refractivity contribution in [2.45, 2.75) is 10.3 Å². The van der Waals surface area contributed by atoms with Crippen molar-refractivity contribution in [2.24, 2.45) is 5.92 Å². The summed E-state index contributed by atoms with van der Waals surface area (Å²) in [5, 5.41) is 5.57. The fourth-order valence-electron chi connectivity index (χ4n) is 3.68. The van der Waals surface area contributed by atoms with Crippen molar-refractivity contribution in [3.05, 3.63) is 86.4 Å². The van der Waals surface area contributed by atoms with Gasteiger partial charge < -0.3 is 16.4 Å². The molecule has 1 fully saturated rings. The highest BCUT2D eigenvalue weighted by molar-refractivity contribution is 6.53. The van der Waals surface area contributed by atoms with E-state index in [2.05, 4.69) is 10.6 Å². The maximum atomic E-state index is 14.1. The van der Waals surface area contributed by atoms with Crippen LogP contribution in [0.2, 0.25) is 15.1 Å². The van der Waals surface area contributed by atoms with E-state index in [0.717, 1.165) is 6.07 Å². The first kappa shape index (κ1) is 25.8. The normalized spacial score (nSPS) is 18.1. The second kappa shape index (κ2) is 9.64. The Bertz CT molecular complexity index is 1350. The Morgan fingerprint density at radius 3 is 2.23 bits per heavy atom. The minimum atomic E-state index is -1.38. The smallest absolute Gasteiger partial charge is 0.257 e. The number of benzene rings is 3. The first-order valence-corrected chi connectivity index (χ1v) is 11.8. The van der Waals surface area contributed by atoms with Gasteiger partial charge in [0.25, 0.3) is 5.91 Å². The number of anilines is 3. The zero-order valence-corrected chi connectivity index (χ0v) is 21.1. The van der Waals surface area contributed by atoms with Crippen LogP contribution in [0.5, 0.6) is 0 Å². The number of hydrogen-bond acceptors (Lipinski definition) is 3. The Balaban J connectivity index is 1.52. The lowest BCUT2D eigenvalue weighted by Gasteiger charge is -2.12. The second-order valence-corrected chi connectivity index (χ2v) is 10.5. The number of nitrogen functional groups attached to an aromatic ring is 1. The number of halogens is 7. The first-order chi connectivity index (χ1) is 16.4. The molecule has 0 aliphatic heterocycles. The fourth-order valence-corrected chi connectivity index (χ4v) is 5.01. The summed E-state index contributed by atoms with van der Waals surface area (Å²) < 4.78 is 26.0. The van der Waals surface area contributed by atoms with Crippen LogP contribution in [0.4, 0.5) is 25.8 Å². The number of nitrogens with one attached hydrogen (secondary N) is 2. The molecule has 0 saturated heterocycles. The van der Waals surface area contributed by atoms with Crippen molar-refractivity contribution >= 4 is 86.9 Å². The summed E-state index contributed by atoms with van der Waals surface area (Å²) in [4.78, 5) is 25.6. The predicted octanol–water partition coefficient (Wildman–Crippen LogP) is 7.29. The van der Waals surface area contributed by atoms with Gasteiger partial charge in [0.2, 0.25) is 5.91 Å². The van der Waals surface area contributed by atoms with Crippen LogP contribution in [0.3, 0.4) is 0 Å². The molecule has 1 aliphatic rings. The first-order valence-electron chi connectivity index (χ1n) is 9.89. The Labute approximate surface area is 223 Å². The van der Waals surface area contributed by atoms with Crippen molar-refractivity contribution in [3.63, 3.8) is 0 Å². The molecule has 0 aromatic heterocycles. The standard InChI is InChI=1S/C23H14Cl5F2N3O2/c24-13-4-2-11(8-12(13)21(34)33-20-16(30)6-10(29)7-17(20)31)32-22(35)19-18(23(19,27)28)9-1-3-14(25)15(26)5-9/h1-8,18-19H,31H2,(H,32,35)(H,33,34)/t18-,19?/m0/s1. The maximum Gasteiger partial charge on any atom is 0.257 e. The molecule has 0 heterocycles. The summed E-state index contributed by atoms with van der Waals surface area (Å²) >= 11 is 30.9. The van der Waals surface area contributed by atoms with Crippen molar-refractivity contribution in [1.82, 2.24) is 0 Å². The molecule has 4 rings (SSSR count). The van der Waals surface area contributed by atoms with E-state index >= 15 is 0 Å². The SMILES string of the molecule is Nc1cc(F)cc(F)c1NC(=O)c1cc(NC(=O)C2[C@H](c3ccc(Cl)c(Cl)c3)C2(Cl)Cl)ccc1Cl. The van der Waals surface area contributed by atoms with Crippen LogP contribution < -0.4 is 16.4 Å². The maximum absolute atomic E-state index is 14.1. The van der Waals surface area contributed by atoms with Crippen LogP contribution >= 0.6 is 58.0 Å². The van der Waals surface area contributed by atoms with Gasteiger partial charge in [-0.3, -0.25) is 9.59 Å². The van der Waals surface area contributed by atoms with Crippen LogP contribution in [-0.2, 0) is 4.79 Å². The van der Waals surface area contributed by atoms with E-state index in [1.807, 2.05) is 0 Å². The van der Waals surface area contributed by atoms with Gasteiger partial charge in [0.15, 0.2) is 5.82 Å². The molecule has 182 valence electrons. The third-order valence-corrected chi connectivity index (χ3v) is 7.45. The van der Waals surface area contributed by atoms with E-state index in [1.165, 1.54) is 18.2 Å². The molecule has 0 radical (unpaired) electrons. The molecule has 3 aromatic carbocycles. The molecule has 0 spiro atoms. The number of carbonyl (C=O) groups excluding carboxylic acids is 2. The van der Waals surface area contributed by atoms with E-state index in [1.54, 1.807) is 18.2 Å². The summed E-state index contributed by atoms with van der Waals surface area (Å²) in [6.45, 7) is 0. The van der Waals surface area contributed by atoms with E-state index in [9.17, 15) is 18.4 Å². The molecule has 3 aromatic rings. The van der Waals surface area contributed by atoms with E-state index in [4.69, 9.17) is 63.7 Å². The number of nitrogens with two attached hydrogens (primary N) is 1. The molecule has 4 N–H and O–H groups in total. The van der Waals surface area contributed by atoms with E-state index in [-0.39, 0.29) is 22.0 Å². The number of alkyl halides is 2. The topological polar surface area (TPSA) is 84.2 Å². The third-order valence-electron chi connectivity index (χ3n) is 5.44. The molecule has 35 heavy (non-hydrogen) atoms. The van der Waals surface area contributed by atoms with Gasteiger partial charge in [-0.2, -0.15) is 0 Å². The van der Waals surface area contributed by atoms with Crippen molar-refractivity contribution in [1.29, 1.82) is 0 Å². The zero-order chi connectivity index (χ0) is 25.7. The molecule has 12 heteroatoms. The summed E-state index contributed by atoms with van der Waals surface area (Å²) in [5.74, 6) is -4.64. The molecule has 1 saturated carbocycles. The lowest BCUT2D eigenvalue weighted by molar-refractivity contribution is -0.117. The van der Waals surface area contributed by atoms with E-state index < -0.39 is 45.3 Å². The number of hydrogen-bond donors (Lipinski definition) is 3. The minimum Gasteiger partial charge on any atom is -0.397 e. The number of rotatable bonds is 5. The highest BCUT2D eigenvalue weighted by atomic mass is 35.5. The van der Waals surface area contributed by atoms with Crippen LogP contribution in [-0.4, -0.2) is 16.1 Å². The zero-order valence-electron chi connectivity index (χ0n) is 17.3. The van der Waals surface area contributed by atoms with Gasteiger partial charge in [0, 0.05) is 17.7 Å². The van der Waals surface area contributed by atoms with E-state index in [0.29, 0.717) is 21.7 Å². The predicted molar refractivity (Wildman–Crippen MR) is 136 cm³/mol. The van der Waals surface area contributed by atoms with Gasteiger partial charge in [-0.05, 0) is 42.0 Å². The van der Waals surface area contributed by atoms with Crippen molar-refractivity contribution < 1.29 is 18.4 Å². The van der Waals surface area contributed by atoms with Gasteiger partial charge in [0.1, 0.15) is 15.8 Å². The highest BCUT2D eigenvalue weighted by Gasteiger charge is 2.67. The van der Waals surface area contributed by atoms with Crippen LogP contribution in [0.1, 0.15) is 21.8 Å². The molecular weight excluding hydrogens is 566 g/mol. The molecular formula is C23H14Cl5F2N3O2. The lowest BCUT2D eigenvalue weighted by Crippen LogP contribution is -2.19. The highest BCUT2D eigenvalue weighted by Crippen LogP contribution is 2.65. The monoisotopic (exact) mass is 577 g/mol. The van der Waals surface area contributed by atoms with Crippen molar-refractivity contribution in [3.8, 4) is 0 Å². The van der Waals surface area contributed by atoms with Gasteiger partial charge >= 0.3 is 0 Å². The Morgan fingerprint density at radius 1 is 0.886 bits per heavy atom. The average molecular weight is 580 g/mol. The third kappa shape index (κ3) is 5.15.